The smallest absolute Gasteiger partial charge is 0.244 e. The maximum atomic E-state index is 13.6. The van der Waals surface area contributed by atoms with Gasteiger partial charge in [-0.05, 0) is 56.4 Å². The number of sulfonamides is 1. The highest BCUT2D eigenvalue weighted by Crippen LogP contribution is 2.25. The minimum absolute atomic E-state index is 0.131. The molecule has 8 heteroatoms. The van der Waals surface area contributed by atoms with Gasteiger partial charge in [-0.2, -0.15) is 0 Å². The molecule has 0 heterocycles. The van der Waals surface area contributed by atoms with Crippen molar-refractivity contribution in [3.8, 4) is 0 Å². The Kier molecular flexibility index (Phi) is 8.36. The molecule has 0 aliphatic heterocycles. The molecule has 2 aromatic carbocycles. The monoisotopic (exact) mass is 485 g/mol. The molecule has 2 aromatic rings. The van der Waals surface area contributed by atoms with Crippen molar-refractivity contribution in [2.45, 2.75) is 65.1 Å². The minimum atomic E-state index is -3.74. The number of amides is 2. The third-order valence-electron chi connectivity index (χ3n) is 6.38. The number of aryl methyl sites for hydroxylation is 2. The predicted molar refractivity (Wildman–Crippen MR) is 135 cm³/mol. The van der Waals surface area contributed by atoms with Gasteiger partial charge in [0.15, 0.2) is 0 Å². The number of nitrogens with one attached hydrogen (secondary N) is 1. The van der Waals surface area contributed by atoms with Crippen LogP contribution in [-0.2, 0) is 26.2 Å². The highest BCUT2D eigenvalue weighted by Gasteiger charge is 2.31. The Morgan fingerprint density at radius 2 is 1.71 bits per heavy atom. The molecule has 1 aliphatic carbocycles. The van der Waals surface area contributed by atoms with Gasteiger partial charge in [0, 0.05) is 12.6 Å². The highest BCUT2D eigenvalue weighted by molar-refractivity contribution is 7.92. The van der Waals surface area contributed by atoms with E-state index in [1.54, 1.807) is 13.0 Å². The molecule has 1 unspecified atom stereocenters. The van der Waals surface area contributed by atoms with Crippen LogP contribution in [0.15, 0.2) is 48.5 Å². The molecule has 1 N–H and O–H groups in total. The highest BCUT2D eigenvalue weighted by atomic mass is 32.2. The van der Waals surface area contributed by atoms with Crippen LogP contribution in [0.1, 0.15) is 49.3 Å². The molecule has 184 valence electrons. The number of rotatable bonds is 9. The first kappa shape index (κ1) is 25.7. The van der Waals surface area contributed by atoms with E-state index in [9.17, 15) is 18.0 Å². The summed E-state index contributed by atoms with van der Waals surface area (Å²) in [5, 5.41) is 3.07. The van der Waals surface area contributed by atoms with Crippen molar-refractivity contribution in [2.75, 3.05) is 17.1 Å². The van der Waals surface area contributed by atoms with E-state index < -0.39 is 22.0 Å². The van der Waals surface area contributed by atoms with Crippen molar-refractivity contribution in [3.63, 3.8) is 0 Å². The average molecular weight is 486 g/mol. The number of carbonyl (C=O) groups excluding carboxylic acids is 2. The van der Waals surface area contributed by atoms with Gasteiger partial charge in [0.05, 0.1) is 11.9 Å². The molecule has 0 saturated heterocycles. The number of benzene rings is 2. The molecule has 1 saturated carbocycles. The van der Waals surface area contributed by atoms with Crippen molar-refractivity contribution in [2.24, 2.45) is 0 Å². The third kappa shape index (κ3) is 6.59. The zero-order chi connectivity index (χ0) is 24.9. The number of hydrogen-bond acceptors (Lipinski definition) is 4. The quantitative estimate of drug-likeness (QED) is 0.589. The number of carbonyl (C=O) groups is 2. The van der Waals surface area contributed by atoms with Gasteiger partial charge in [-0.25, -0.2) is 8.42 Å². The van der Waals surface area contributed by atoms with E-state index in [1.807, 2.05) is 56.3 Å². The van der Waals surface area contributed by atoms with E-state index >= 15 is 0 Å². The molecule has 34 heavy (non-hydrogen) atoms. The predicted octanol–water partition coefficient (Wildman–Crippen LogP) is 3.55. The Bertz CT molecular complexity index is 1110. The standard InChI is InChI=1S/C26H35N3O4S/c1-19-14-15-20(2)24(16-19)29(34(4,32)33)18-25(30)28(17-22-10-6-5-7-11-22)21(3)26(31)27-23-12-8-9-13-23/h5-7,10-11,14-16,21,23H,8-9,12-13,17-18H2,1-4H3,(H,27,31). The third-order valence-corrected chi connectivity index (χ3v) is 7.50. The van der Waals surface area contributed by atoms with Crippen molar-refractivity contribution in [3.05, 3.63) is 65.2 Å². The second kappa shape index (κ2) is 11.0. The first-order valence-electron chi connectivity index (χ1n) is 11.7. The number of anilines is 1. The van der Waals surface area contributed by atoms with Crippen molar-refractivity contribution < 1.29 is 18.0 Å². The summed E-state index contributed by atoms with van der Waals surface area (Å²) in [6.07, 6.45) is 5.16. The van der Waals surface area contributed by atoms with Gasteiger partial charge in [0.1, 0.15) is 12.6 Å². The molecule has 7 nitrogen and oxygen atoms in total. The summed E-state index contributed by atoms with van der Waals surface area (Å²) in [4.78, 5) is 28.1. The lowest BCUT2D eigenvalue weighted by molar-refractivity contribution is -0.139. The van der Waals surface area contributed by atoms with Crippen LogP contribution in [0.5, 0.6) is 0 Å². The van der Waals surface area contributed by atoms with Gasteiger partial charge in [-0.1, -0.05) is 55.3 Å². The lowest BCUT2D eigenvalue weighted by atomic mass is 10.1. The van der Waals surface area contributed by atoms with Crippen LogP contribution in [0.3, 0.4) is 0 Å². The lowest BCUT2D eigenvalue weighted by Crippen LogP contribution is -2.52. The zero-order valence-electron chi connectivity index (χ0n) is 20.5. The van der Waals surface area contributed by atoms with E-state index in [0.717, 1.165) is 52.9 Å². The summed E-state index contributed by atoms with van der Waals surface area (Å²) >= 11 is 0. The van der Waals surface area contributed by atoms with E-state index in [0.29, 0.717) is 5.69 Å². The van der Waals surface area contributed by atoms with Gasteiger partial charge in [-0.3, -0.25) is 13.9 Å². The van der Waals surface area contributed by atoms with Crippen LogP contribution in [0.4, 0.5) is 5.69 Å². The Morgan fingerprint density at radius 1 is 1.06 bits per heavy atom. The maximum Gasteiger partial charge on any atom is 0.244 e. The SMILES string of the molecule is Cc1ccc(C)c(N(CC(=O)N(Cc2ccccc2)C(C)C(=O)NC2CCCC2)S(C)(=O)=O)c1. The Labute approximate surface area is 203 Å². The number of nitrogens with zero attached hydrogens (tertiary/aromatic N) is 2. The first-order valence-corrected chi connectivity index (χ1v) is 13.6. The summed E-state index contributed by atoms with van der Waals surface area (Å²) in [5.41, 5.74) is 2.99. The van der Waals surface area contributed by atoms with Gasteiger partial charge in [-0.15, -0.1) is 0 Å². The van der Waals surface area contributed by atoms with Gasteiger partial charge in [0.25, 0.3) is 0 Å². The van der Waals surface area contributed by atoms with Crippen LogP contribution in [0.25, 0.3) is 0 Å². The van der Waals surface area contributed by atoms with Crippen LogP contribution in [0.2, 0.25) is 0 Å². The summed E-state index contributed by atoms with van der Waals surface area (Å²) < 4.78 is 26.6. The molecule has 0 bridgehead atoms. The second-order valence-corrected chi connectivity index (χ2v) is 11.1. The normalized spacial score (nSPS) is 15.1. The molecule has 1 atom stereocenters. The van der Waals surface area contributed by atoms with Crippen LogP contribution < -0.4 is 9.62 Å². The molecule has 2 amide bonds. The van der Waals surface area contributed by atoms with E-state index in [2.05, 4.69) is 5.32 Å². The van der Waals surface area contributed by atoms with Gasteiger partial charge in [0.2, 0.25) is 21.8 Å². The molecule has 0 aromatic heterocycles. The Balaban J connectivity index is 1.89. The lowest BCUT2D eigenvalue weighted by Gasteiger charge is -2.32. The molecule has 1 aliphatic rings. The largest absolute Gasteiger partial charge is 0.352 e. The minimum Gasteiger partial charge on any atom is -0.352 e. The molecular formula is C26H35N3O4S. The molecule has 1 fully saturated rings. The second-order valence-electron chi connectivity index (χ2n) is 9.23. The van der Waals surface area contributed by atoms with Gasteiger partial charge < -0.3 is 10.2 Å². The fraction of sp³-hybridized carbons (Fsp3) is 0.462. The fourth-order valence-electron chi connectivity index (χ4n) is 4.34. The molecular weight excluding hydrogens is 450 g/mol. The van der Waals surface area contributed by atoms with E-state index in [-0.39, 0.29) is 25.0 Å². The Morgan fingerprint density at radius 3 is 2.32 bits per heavy atom. The van der Waals surface area contributed by atoms with Crippen molar-refractivity contribution in [1.29, 1.82) is 0 Å². The summed E-state index contributed by atoms with van der Waals surface area (Å²) in [6, 6.07) is 14.3. The molecule has 0 spiro atoms. The fourth-order valence-corrected chi connectivity index (χ4v) is 5.24. The van der Waals surface area contributed by atoms with Crippen LogP contribution in [-0.4, -0.2) is 50.0 Å². The maximum absolute atomic E-state index is 13.6. The molecule has 3 rings (SSSR count). The summed E-state index contributed by atoms with van der Waals surface area (Å²) in [7, 11) is -3.74. The average Bonchev–Trinajstić information content (AvgIpc) is 3.30. The van der Waals surface area contributed by atoms with E-state index in [4.69, 9.17) is 0 Å². The topological polar surface area (TPSA) is 86.8 Å². The Hall–Kier alpha value is -2.87. The summed E-state index contributed by atoms with van der Waals surface area (Å²) in [6.45, 7) is 5.23. The van der Waals surface area contributed by atoms with Gasteiger partial charge >= 0.3 is 0 Å². The summed E-state index contributed by atoms with van der Waals surface area (Å²) in [5.74, 6) is -0.641. The molecule has 0 radical (unpaired) electrons. The van der Waals surface area contributed by atoms with Crippen molar-refractivity contribution in [1.82, 2.24) is 10.2 Å². The first-order chi connectivity index (χ1) is 16.1. The van der Waals surface area contributed by atoms with E-state index in [1.165, 1.54) is 4.90 Å². The zero-order valence-corrected chi connectivity index (χ0v) is 21.3. The van der Waals surface area contributed by atoms with Crippen molar-refractivity contribution >= 4 is 27.5 Å². The van der Waals surface area contributed by atoms with Crippen LogP contribution in [0, 0.1) is 13.8 Å². The van der Waals surface area contributed by atoms with Crippen LogP contribution >= 0.6 is 0 Å². The number of hydrogen-bond donors (Lipinski definition) is 1.